The highest BCUT2D eigenvalue weighted by Gasteiger charge is 2.22. The fraction of sp³-hybridized carbons (Fsp3) is 0.304. The number of para-hydroxylation sites is 1. The molecule has 2 aromatic carbocycles. The molecule has 7 nitrogen and oxygen atoms in total. The van der Waals surface area contributed by atoms with Gasteiger partial charge in [0.1, 0.15) is 10.8 Å². The summed E-state index contributed by atoms with van der Waals surface area (Å²) >= 11 is 1.73. The number of piperazine rings is 1. The molecule has 164 valence electrons. The van der Waals surface area contributed by atoms with Gasteiger partial charge in [0.15, 0.2) is 0 Å². The summed E-state index contributed by atoms with van der Waals surface area (Å²) in [6.07, 6.45) is 0.710. The fourth-order valence-corrected chi connectivity index (χ4v) is 4.79. The van der Waals surface area contributed by atoms with E-state index in [0.717, 1.165) is 30.2 Å². The molecule has 1 aliphatic rings. The van der Waals surface area contributed by atoms with Crippen LogP contribution in [-0.2, 0) is 17.8 Å². The Kier molecular flexibility index (Phi) is 5.91. The molecule has 3 heterocycles. The predicted molar refractivity (Wildman–Crippen MR) is 119 cm³/mol. The number of nitrogens with zero attached hydrogens (tertiary/aromatic N) is 5. The Bertz CT molecular complexity index is 1180. The van der Waals surface area contributed by atoms with Crippen LogP contribution in [0, 0.1) is 5.82 Å². The first-order chi connectivity index (χ1) is 15.6. The lowest BCUT2D eigenvalue weighted by molar-refractivity contribution is -0.133. The zero-order chi connectivity index (χ0) is 21.9. The number of carbonyl (C=O) groups is 1. The first-order valence-corrected chi connectivity index (χ1v) is 11.4. The summed E-state index contributed by atoms with van der Waals surface area (Å²) in [5.74, 6) is 0.581. The summed E-state index contributed by atoms with van der Waals surface area (Å²) in [6.45, 7) is 3.88. The van der Waals surface area contributed by atoms with Crippen molar-refractivity contribution in [3.05, 3.63) is 65.2 Å². The van der Waals surface area contributed by atoms with Crippen molar-refractivity contribution in [2.45, 2.75) is 19.4 Å². The Hall–Kier alpha value is -3.17. The van der Waals surface area contributed by atoms with Gasteiger partial charge in [-0.3, -0.25) is 9.69 Å². The third kappa shape index (κ3) is 4.68. The number of benzene rings is 2. The number of fused-ring (bicyclic) bond motifs is 1. The van der Waals surface area contributed by atoms with Crippen molar-refractivity contribution in [2.75, 3.05) is 26.2 Å². The highest BCUT2D eigenvalue weighted by Crippen LogP contribution is 2.23. The first-order valence-electron chi connectivity index (χ1n) is 10.6. The van der Waals surface area contributed by atoms with Gasteiger partial charge < -0.3 is 9.42 Å². The van der Waals surface area contributed by atoms with Crippen LogP contribution in [0.25, 0.3) is 21.6 Å². The van der Waals surface area contributed by atoms with E-state index in [2.05, 4.69) is 21.1 Å². The van der Waals surface area contributed by atoms with Gasteiger partial charge in [0, 0.05) is 44.6 Å². The molecule has 9 heteroatoms. The van der Waals surface area contributed by atoms with E-state index in [1.54, 1.807) is 23.5 Å². The molecule has 0 N–H and O–H groups in total. The number of aromatic nitrogens is 3. The molecule has 0 aliphatic carbocycles. The van der Waals surface area contributed by atoms with E-state index >= 15 is 0 Å². The van der Waals surface area contributed by atoms with E-state index in [1.807, 2.05) is 23.1 Å². The van der Waals surface area contributed by atoms with Gasteiger partial charge in [-0.15, -0.1) is 11.3 Å². The number of amides is 1. The number of halogens is 1. The Balaban J connectivity index is 1.10. The number of hydrogen-bond donors (Lipinski definition) is 0. The van der Waals surface area contributed by atoms with Crippen LogP contribution >= 0.6 is 11.3 Å². The minimum atomic E-state index is -0.316. The number of thiazole rings is 1. The highest BCUT2D eigenvalue weighted by molar-refractivity contribution is 7.18. The molecule has 1 saturated heterocycles. The third-order valence-electron chi connectivity index (χ3n) is 5.55. The lowest BCUT2D eigenvalue weighted by Crippen LogP contribution is -2.48. The van der Waals surface area contributed by atoms with Crippen molar-refractivity contribution in [3.63, 3.8) is 0 Å². The smallest absolute Gasteiger partial charge is 0.227 e. The van der Waals surface area contributed by atoms with E-state index in [9.17, 15) is 9.18 Å². The summed E-state index contributed by atoms with van der Waals surface area (Å²) in [7, 11) is 0. The summed E-state index contributed by atoms with van der Waals surface area (Å²) in [4.78, 5) is 25.9. The van der Waals surface area contributed by atoms with Gasteiger partial charge in [0.2, 0.25) is 17.6 Å². The maximum absolute atomic E-state index is 13.1. The third-order valence-corrected chi connectivity index (χ3v) is 6.57. The van der Waals surface area contributed by atoms with Gasteiger partial charge in [-0.05, 0) is 36.4 Å². The minimum absolute atomic E-state index is 0.0890. The summed E-state index contributed by atoms with van der Waals surface area (Å²) < 4.78 is 19.5. The molecule has 1 fully saturated rings. The molecule has 0 bridgehead atoms. The van der Waals surface area contributed by atoms with Crippen molar-refractivity contribution in [2.24, 2.45) is 0 Å². The Morgan fingerprint density at radius 2 is 1.81 bits per heavy atom. The second-order valence-electron chi connectivity index (χ2n) is 7.75. The first kappa shape index (κ1) is 20.7. The second-order valence-corrected chi connectivity index (χ2v) is 8.87. The maximum Gasteiger partial charge on any atom is 0.227 e. The molecule has 32 heavy (non-hydrogen) atoms. The van der Waals surface area contributed by atoms with E-state index in [1.165, 1.54) is 16.8 Å². The average molecular weight is 452 g/mol. The zero-order valence-electron chi connectivity index (χ0n) is 17.4. The molecular weight excluding hydrogens is 429 g/mol. The van der Waals surface area contributed by atoms with E-state index in [4.69, 9.17) is 9.51 Å². The molecular formula is C23H22FN5O2S. The van der Waals surface area contributed by atoms with Gasteiger partial charge in [0.05, 0.1) is 16.8 Å². The molecule has 0 unspecified atom stereocenters. The van der Waals surface area contributed by atoms with E-state index in [-0.39, 0.29) is 11.7 Å². The van der Waals surface area contributed by atoms with Gasteiger partial charge >= 0.3 is 0 Å². The second kappa shape index (κ2) is 9.13. The van der Waals surface area contributed by atoms with Crippen molar-refractivity contribution in [1.29, 1.82) is 0 Å². The Morgan fingerprint density at radius 1 is 1.03 bits per heavy atom. The van der Waals surface area contributed by atoms with Crippen LogP contribution in [0.15, 0.2) is 53.1 Å². The Labute approximate surface area is 188 Å². The lowest BCUT2D eigenvalue weighted by atomic mass is 10.2. The standard InChI is InChI=1S/C23H22FN5O2S/c24-17-7-5-16(6-8-17)23-26-20(31-27-23)9-10-22(30)29-13-11-28(12-14-29)15-21-25-18-3-1-2-4-19(18)32-21/h1-8H,9-15H2. The van der Waals surface area contributed by atoms with Crippen molar-refractivity contribution < 1.29 is 13.7 Å². The van der Waals surface area contributed by atoms with Crippen LogP contribution in [0.4, 0.5) is 4.39 Å². The minimum Gasteiger partial charge on any atom is -0.340 e. The molecule has 4 aromatic rings. The predicted octanol–water partition coefficient (Wildman–Crippen LogP) is 3.76. The normalized spacial score (nSPS) is 14.8. The quantitative estimate of drug-likeness (QED) is 0.444. The summed E-state index contributed by atoms with van der Waals surface area (Å²) in [5.41, 5.74) is 1.72. The molecule has 5 rings (SSSR count). The van der Waals surface area contributed by atoms with Crippen LogP contribution in [0.1, 0.15) is 17.3 Å². The topological polar surface area (TPSA) is 75.4 Å². The zero-order valence-corrected chi connectivity index (χ0v) is 18.2. The van der Waals surface area contributed by atoms with Gasteiger partial charge in [-0.2, -0.15) is 4.98 Å². The average Bonchev–Trinajstić information content (AvgIpc) is 3.45. The molecule has 0 radical (unpaired) electrons. The maximum atomic E-state index is 13.1. The van der Waals surface area contributed by atoms with Crippen molar-refractivity contribution >= 4 is 27.5 Å². The number of hydrogen-bond acceptors (Lipinski definition) is 7. The van der Waals surface area contributed by atoms with Crippen molar-refractivity contribution in [3.8, 4) is 11.4 Å². The largest absolute Gasteiger partial charge is 0.340 e. The fourth-order valence-electron chi connectivity index (χ4n) is 3.78. The summed E-state index contributed by atoms with van der Waals surface area (Å²) in [6, 6.07) is 14.1. The molecule has 1 aliphatic heterocycles. The Morgan fingerprint density at radius 3 is 2.59 bits per heavy atom. The molecule has 0 saturated carbocycles. The van der Waals surface area contributed by atoms with Crippen LogP contribution in [-0.4, -0.2) is 57.0 Å². The van der Waals surface area contributed by atoms with E-state index < -0.39 is 0 Å². The van der Waals surface area contributed by atoms with Gasteiger partial charge in [0.25, 0.3) is 0 Å². The molecule has 0 atom stereocenters. The molecule has 1 amide bonds. The SMILES string of the molecule is O=C(CCc1nc(-c2ccc(F)cc2)no1)N1CCN(Cc2nc3ccccc3s2)CC1. The van der Waals surface area contributed by atoms with Crippen LogP contribution in [0.2, 0.25) is 0 Å². The highest BCUT2D eigenvalue weighted by atomic mass is 32.1. The van der Waals surface area contributed by atoms with Crippen LogP contribution in [0.3, 0.4) is 0 Å². The van der Waals surface area contributed by atoms with Crippen LogP contribution < -0.4 is 0 Å². The van der Waals surface area contributed by atoms with E-state index in [0.29, 0.717) is 43.2 Å². The van der Waals surface area contributed by atoms with Gasteiger partial charge in [-0.1, -0.05) is 17.3 Å². The number of rotatable bonds is 6. The van der Waals surface area contributed by atoms with Crippen molar-refractivity contribution in [1.82, 2.24) is 24.9 Å². The lowest BCUT2D eigenvalue weighted by Gasteiger charge is -2.34. The molecule has 0 spiro atoms. The monoisotopic (exact) mass is 451 g/mol. The van der Waals surface area contributed by atoms with Gasteiger partial charge in [-0.25, -0.2) is 9.37 Å². The summed E-state index contributed by atoms with van der Waals surface area (Å²) in [5, 5.41) is 5.04. The van der Waals surface area contributed by atoms with Crippen LogP contribution in [0.5, 0.6) is 0 Å². The number of carbonyl (C=O) groups excluding carboxylic acids is 1. The molecule has 2 aromatic heterocycles. The number of aryl methyl sites for hydroxylation is 1.